The van der Waals surface area contributed by atoms with Gasteiger partial charge in [0.15, 0.2) is 0 Å². The second-order valence-corrected chi connectivity index (χ2v) is 16.9. The maximum atomic E-state index is 11.8. The number of aromatic nitrogens is 4. The standard InChI is InChI=1S/C24H26N2O2.C24H24N2O2/c2*1-26-9-8-19-11-16(10-18(23(19)26)5-4-15-2-3-15)12-22-21(24(27)28)13-20(14-25-22)17-6-7-17/h8-11,13-15,17H,2-7,12H2,1H3,(H,27,28);4-5,8-11,13-15,17H,2-3,6-7,12H2,1H3,(H,27,28)/b;5-4+. The van der Waals surface area contributed by atoms with E-state index in [1.54, 1.807) is 0 Å². The first-order chi connectivity index (χ1) is 27.2. The van der Waals surface area contributed by atoms with Gasteiger partial charge in [-0.25, -0.2) is 9.59 Å². The highest BCUT2D eigenvalue weighted by Crippen LogP contribution is 2.41. The van der Waals surface area contributed by atoms with E-state index in [2.05, 4.69) is 94.1 Å². The Morgan fingerprint density at radius 2 is 1.23 bits per heavy atom. The summed E-state index contributed by atoms with van der Waals surface area (Å²) in [6.45, 7) is 0. The molecule has 8 heteroatoms. The average Bonchev–Trinajstić information content (AvgIpc) is 3.98. The molecule has 8 nitrogen and oxygen atoms in total. The Morgan fingerprint density at radius 1 is 0.696 bits per heavy atom. The van der Waals surface area contributed by atoms with E-state index in [1.165, 1.54) is 65.0 Å². The summed E-state index contributed by atoms with van der Waals surface area (Å²) in [6.07, 6.45) is 25.8. The number of carboxylic acid groups (broad SMARTS) is 2. The molecule has 2 N–H and O–H groups in total. The minimum atomic E-state index is -0.889. The highest BCUT2D eigenvalue weighted by molar-refractivity contribution is 5.91. The number of fused-ring (bicyclic) bond motifs is 2. The molecule has 2 aromatic carbocycles. The zero-order valence-electron chi connectivity index (χ0n) is 32.4. The van der Waals surface area contributed by atoms with E-state index >= 15 is 0 Å². The first kappa shape index (κ1) is 36.2. The molecule has 56 heavy (non-hydrogen) atoms. The van der Waals surface area contributed by atoms with E-state index in [4.69, 9.17) is 0 Å². The number of allylic oxidation sites excluding steroid dienone is 1. The maximum Gasteiger partial charge on any atom is 0.337 e. The molecule has 0 atom stereocenters. The smallest absolute Gasteiger partial charge is 0.337 e. The molecule has 6 aromatic rings. The van der Waals surface area contributed by atoms with Gasteiger partial charge in [-0.15, -0.1) is 0 Å². The molecule has 0 bridgehead atoms. The summed E-state index contributed by atoms with van der Waals surface area (Å²) in [5.74, 6) is 0.858. The first-order valence-corrected chi connectivity index (χ1v) is 20.4. The van der Waals surface area contributed by atoms with Gasteiger partial charge in [0.05, 0.1) is 33.5 Å². The Bertz CT molecular complexity index is 2510. The summed E-state index contributed by atoms with van der Waals surface area (Å²) < 4.78 is 4.35. The predicted molar refractivity (Wildman–Crippen MR) is 221 cm³/mol. The lowest BCUT2D eigenvalue weighted by Crippen LogP contribution is -2.07. The van der Waals surface area contributed by atoms with E-state index in [9.17, 15) is 19.8 Å². The zero-order chi connectivity index (χ0) is 38.5. The normalized spacial score (nSPS) is 16.8. The summed E-state index contributed by atoms with van der Waals surface area (Å²) >= 11 is 0. The molecule has 0 spiro atoms. The minimum absolute atomic E-state index is 0.340. The highest BCUT2D eigenvalue weighted by atomic mass is 16.4. The van der Waals surface area contributed by atoms with Gasteiger partial charge in [0, 0.05) is 62.5 Å². The van der Waals surface area contributed by atoms with E-state index in [-0.39, 0.29) is 0 Å². The van der Waals surface area contributed by atoms with Crippen LogP contribution >= 0.6 is 0 Å². The summed E-state index contributed by atoms with van der Waals surface area (Å²) in [5, 5.41) is 21.8. The Hall–Kier alpha value is -5.50. The molecule has 0 radical (unpaired) electrons. The molecule has 4 aliphatic carbocycles. The molecule has 10 rings (SSSR count). The summed E-state index contributed by atoms with van der Waals surface area (Å²) in [6, 6.07) is 16.8. The van der Waals surface area contributed by atoms with Crippen LogP contribution in [0.5, 0.6) is 0 Å². The number of rotatable bonds is 13. The van der Waals surface area contributed by atoms with Crippen molar-refractivity contribution in [2.45, 2.75) is 88.9 Å². The number of aryl methyl sites for hydroxylation is 3. The van der Waals surface area contributed by atoms with Crippen molar-refractivity contribution in [1.29, 1.82) is 0 Å². The Labute approximate surface area is 327 Å². The largest absolute Gasteiger partial charge is 0.478 e. The van der Waals surface area contributed by atoms with Gasteiger partial charge in [0.2, 0.25) is 0 Å². The number of benzene rings is 2. The summed E-state index contributed by atoms with van der Waals surface area (Å²) in [4.78, 5) is 32.8. The van der Waals surface area contributed by atoms with Gasteiger partial charge in [-0.1, -0.05) is 31.1 Å². The van der Waals surface area contributed by atoms with Crippen LogP contribution in [-0.2, 0) is 33.4 Å². The second kappa shape index (κ2) is 14.9. The lowest BCUT2D eigenvalue weighted by atomic mass is 9.97. The van der Waals surface area contributed by atoms with Crippen molar-refractivity contribution < 1.29 is 19.8 Å². The SMILES string of the molecule is Cn1ccc2cc(Cc3ncc(C4CC4)cc3C(=O)O)cc(/C=C/C3CC3)c21.Cn1ccc2cc(Cc3ncc(C4CC4)cc3C(=O)O)cc(CCC3CC3)c21. The molecular formula is C48H50N4O4. The van der Waals surface area contributed by atoms with Crippen LogP contribution in [0, 0.1) is 11.8 Å². The summed E-state index contributed by atoms with van der Waals surface area (Å²) in [7, 11) is 4.17. The van der Waals surface area contributed by atoms with Gasteiger partial charge in [-0.05, 0) is 151 Å². The van der Waals surface area contributed by atoms with Crippen LogP contribution in [0.4, 0.5) is 0 Å². The van der Waals surface area contributed by atoms with Crippen molar-refractivity contribution in [2.75, 3.05) is 0 Å². The van der Waals surface area contributed by atoms with Crippen molar-refractivity contribution >= 4 is 39.8 Å². The van der Waals surface area contributed by atoms with Gasteiger partial charge >= 0.3 is 11.9 Å². The van der Waals surface area contributed by atoms with Crippen molar-refractivity contribution in [3.63, 3.8) is 0 Å². The van der Waals surface area contributed by atoms with Crippen LogP contribution < -0.4 is 0 Å². The third-order valence-electron chi connectivity index (χ3n) is 12.1. The second-order valence-electron chi connectivity index (χ2n) is 16.9. The molecule has 4 fully saturated rings. The topological polar surface area (TPSA) is 110 Å². The Kier molecular flexibility index (Phi) is 9.60. The molecule has 0 aliphatic heterocycles. The fourth-order valence-corrected chi connectivity index (χ4v) is 8.31. The van der Waals surface area contributed by atoms with Crippen LogP contribution in [0.3, 0.4) is 0 Å². The van der Waals surface area contributed by atoms with Gasteiger partial charge in [0.1, 0.15) is 0 Å². The fraction of sp³-hybridized carbons (Fsp3) is 0.375. The maximum absolute atomic E-state index is 11.8. The number of hydrogen-bond acceptors (Lipinski definition) is 4. The molecule has 4 aliphatic rings. The van der Waals surface area contributed by atoms with Crippen molar-refractivity contribution in [1.82, 2.24) is 19.1 Å². The van der Waals surface area contributed by atoms with Crippen LogP contribution in [0.25, 0.3) is 27.9 Å². The zero-order valence-corrected chi connectivity index (χ0v) is 32.4. The van der Waals surface area contributed by atoms with E-state index in [1.807, 2.05) is 24.5 Å². The molecule has 4 saturated carbocycles. The van der Waals surface area contributed by atoms with Crippen molar-refractivity contribution in [2.24, 2.45) is 25.9 Å². The number of aromatic carboxylic acids is 2. The van der Waals surface area contributed by atoms with E-state index in [0.717, 1.165) is 60.3 Å². The fourth-order valence-electron chi connectivity index (χ4n) is 8.31. The molecule has 0 unspecified atom stereocenters. The third-order valence-corrected chi connectivity index (χ3v) is 12.1. The quantitative estimate of drug-likeness (QED) is 0.122. The Balaban J connectivity index is 0.000000146. The van der Waals surface area contributed by atoms with Gasteiger partial charge < -0.3 is 19.3 Å². The number of hydrogen-bond donors (Lipinski definition) is 2. The van der Waals surface area contributed by atoms with Gasteiger partial charge in [-0.2, -0.15) is 0 Å². The molecule has 0 saturated heterocycles. The number of nitrogens with zero attached hydrogens (tertiary/aromatic N) is 4. The van der Waals surface area contributed by atoms with Crippen molar-refractivity contribution in [3.05, 3.63) is 135 Å². The predicted octanol–water partition coefficient (Wildman–Crippen LogP) is 10.2. The number of pyridine rings is 2. The third kappa shape index (κ3) is 8.06. The molecule has 4 aromatic heterocycles. The van der Waals surface area contributed by atoms with E-state index in [0.29, 0.717) is 53.1 Å². The molecule has 4 heterocycles. The molecule has 286 valence electrons. The monoisotopic (exact) mass is 746 g/mol. The van der Waals surface area contributed by atoms with Crippen LogP contribution in [0.15, 0.2) is 79.4 Å². The Morgan fingerprint density at radius 3 is 1.75 bits per heavy atom. The lowest BCUT2D eigenvalue weighted by molar-refractivity contribution is 0.0684. The van der Waals surface area contributed by atoms with Crippen LogP contribution in [0.1, 0.15) is 135 Å². The van der Waals surface area contributed by atoms with Crippen LogP contribution in [-0.4, -0.2) is 41.3 Å². The lowest BCUT2D eigenvalue weighted by Gasteiger charge is -2.12. The van der Waals surface area contributed by atoms with Gasteiger partial charge in [-0.3, -0.25) is 9.97 Å². The van der Waals surface area contributed by atoms with E-state index < -0.39 is 11.9 Å². The van der Waals surface area contributed by atoms with Crippen LogP contribution in [0.2, 0.25) is 0 Å². The van der Waals surface area contributed by atoms with Crippen molar-refractivity contribution in [3.8, 4) is 0 Å². The average molecular weight is 747 g/mol. The first-order valence-electron chi connectivity index (χ1n) is 20.4. The molecule has 0 amide bonds. The number of carboxylic acids is 2. The number of carbonyl (C=O) groups is 2. The van der Waals surface area contributed by atoms with Gasteiger partial charge in [0.25, 0.3) is 0 Å². The summed E-state index contributed by atoms with van der Waals surface area (Å²) in [5.41, 5.74) is 11.5. The minimum Gasteiger partial charge on any atom is -0.478 e. The highest BCUT2D eigenvalue weighted by Gasteiger charge is 2.28. The molecular weight excluding hydrogens is 697 g/mol.